The van der Waals surface area contributed by atoms with Crippen molar-refractivity contribution in [1.29, 1.82) is 5.26 Å². The molecule has 1 aliphatic heterocycles. The van der Waals surface area contributed by atoms with E-state index < -0.39 is 0 Å². The van der Waals surface area contributed by atoms with Crippen molar-refractivity contribution in [2.24, 2.45) is 0 Å². The Hall–Kier alpha value is -3.23. The predicted octanol–water partition coefficient (Wildman–Crippen LogP) is 5.62. The van der Waals surface area contributed by atoms with E-state index in [-0.39, 0.29) is 0 Å². The summed E-state index contributed by atoms with van der Waals surface area (Å²) in [6.07, 6.45) is 12.7. The van der Waals surface area contributed by atoms with Gasteiger partial charge in [0.1, 0.15) is 5.82 Å². The van der Waals surface area contributed by atoms with Crippen LogP contribution in [0.4, 0.5) is 5.82 Å². The van der Waals surface area contributed by atoms with Crippen molar-refractivity contribution >= 4 is 5.82 Å². The molecule has 2 aromatic heterocycles. The summed E-state index contributed by atoms with van der Waals surface area (Å²) in [6, 6.07) is 19.9. The Balaban J connectivity index is 1.12. The molecule has 1 aliphatic carbocycles. The highest BCUT2D eigenvalue weighted by Gasteiger charge is 2.30. The fourth-order valence-electron chi connectivity index (χ4n) is 5.55. The van der Waals surface area contributed by atoms with Crippen LogP contribution >= 0.6 is 0 Å². The lowest BCUT2D eigenvalue weighted by Gasteiger charge is -2.41. The molecule has 5 rings (SSSR count). The number of hydrogen-bond donors (Lipinski definition) is 1. The summed E-state index contributed by atoms with van der Waals surface area (Å²) < 4.78 is 0. The van der Waals surface area contributed by atoms with Crippen LogP contribution in [-0.2, 0) is 0 Å². The molecule has 0 amide bonds. The van der Waals surface area contributed by atoms with Crippen molar-refractivity contribution in [2.45, 2.75) is 56.5 Å². The van der Waals surface area contributed by atoms with Crippen molar-refractivity contribution in [3.8, 4) is 17.2 Å². The summed E-state index contributed by atoms with van der Waals surface area (Å²) in [5.74, 6) is 1.48. The monoisotopic (exact) mass is 437 g/mol. The Bertz CT molecular complexity index is 1090. The van der Waals surface area contributed by atoms with Gasteiger partial charge in [0.15, 0.2) is 0 Å². The Morgan fingerprint density at radius 2 is 1.70 bits per heavy atom. The highest BCUT2D eigenvalue weighted by molar-refractivity contribution is 5.65. The van der Waals surface area contributed by atoms with E-state index in [2.05, 4.69) is 50.5 Å². The molecular weight excluding hydrogens is 406 g/mol. The third-order valence-electron chi connectivity index (χ3n) is 7.37. The quantitative estimate of drug-likeness (QED) is 0.561. The van der Waals surface area contributed by atoms with Crippen molar-refractivity contribution in [3.05, 3.63) is 78.2 Å². The number of nitrogens with one attached hydrogen (secondary N) is 1. The number of rotatable bonds is 5. The average molecular weight is 438 g/mol. The second kappa shape index (κ2) is 10.1. The molecule has 2 fully saturated rings. The van der Waals surface area contributed by atoms with Gasteiger partial charge in [0.2, 0.25) is 0 Å². The van der Waals surface area contributed by atoms with Gasteiger partial charge < -0.3 is 10.2 Å². The van der Waals surface area contributed by atoms with E-state index in [1.54, 1.807) is 6.20 Å². The van der Waals surface area contributed by atoms with Gasteiger partial charge in [-0.05, 0) is 92.9 Å². The number of piperidine rings is 1. The first kappa shape index (κ1) is 21.6. The van der Waals surface area contributed by atoms with Gasteiger partial charge in [-0.15, -0.1) is 0 Å². The summed E-state index contributed by atoms with van der Waals surface area (Å²) in [5.41, 5.74) is 4.36. The molecule has 5 heteroatoms. The highest BCUT2D eigenvalue weighted by atomic mass is 15.2. The summed E-state index contributed by atoms with van der Waals surface area (Å²) in [4.78, 5) is 11.5. The van der Waals surface area contributed by atoms with Crippen LogP contribution in [0, 0.1) is 11.3 Å². The SMILES string of the molecule is N#Cc1ccccc1C1CCN(C2CCC(Nc3cc(-c4cccnc4)ccn3)CC2)CC1. The van der Waals surface area contributed by atoms with Crippen molar-refractivity contribution in [2.75, 3.05) is 18.4 Å². The van der Waals surface area contributed by atoms with Crippen LogP contribution in [-0.4, -0.2) is 40.0 Å². The van der Waals surface area contributed by atoms with E-state index in [1.807, 2.05) is 36.7 Å². The van der Waals surface area contributed by atoms with Crippen LogP contribution in [0.5, 0.6) is 0 Å². The molecule has 33 heavy (non-hydrogen) atoms. The number of nitriles is 1. The van der Waals surface area contributed by atoms with Crippen molar-refractivity contribution in [1.82, 2.24) is 14.9 Å². The molecule has 1 N–H and O–H groups in total. The van der Waals surface area contributed by atoms with E-state index >= 15 is 0 Å². The Kier molecular flexibility index (Phi) is 6.64. The zero-order valence-corrected chi connectivity index (χ0v) is 19.0. The van der Waals surface area contributed by atoms with E-state index in [4.69, 9.17) is 0 Å². The molecule has 1 aromatic carbocycles. The number of anilines is 1. The summed E-state index contributed by atoms with van der Waals surface area (Å²) in [6.45, 7) is 2.28. The van der Waals surface area contributed by atoms with Gasteiger partial charge in [0.25, 0.3) is 0 Å². The van der Waals surface area contributed by atoms with Crippen LogP contribution in [0.1, 0.15) is 55.6 Å². The second-order valence-electron chi connectivity index (χ2n) is 9.33. The number of hydrogen-bond acceptors (Lipinski definition) is 5. The van der Waals surface area contributed by atoms with E-state index in [0.717, 1.165) is 48.4 Å². The van der Waals surface area contributed by atoms with Gasteiger partial charge >= 0.3 is 0 Å². The fraction of sp³-hybridized carbons (Fsp3) is 0.393. The average Bonchev–Trinajstić information content (AvgIpc) is 2.90. The minimum Gasteiger partial charge on any atom is -0.367 e. The molecule has 0 atom stereocenters. The van der Waals surface area contributed by atoms with Gasteiger partial charge in [-0.1, -0.05) is 24.3 Å². The smallest absolute Gasteiger partial charge is 0.126 e. The second-order valence-corrected chi connectivity index (χ2v) is 9.33. The zero-order chi connectivity index (χ0) is 22.5. The van der Waals surface area contributed by atoms with Gasteiger partial charge in [-0.25, -0.2) is 4.98 Å². The van der Waals surface area contributed by atoms with Gasteiger partial charge in [-0.2, -0.15) is 5.26 Å². The molecule has 0 unspecified atom stereocenters. The van der Waals surface area contributed by atoms with E-state index in [9.17, 15) is 5.26 Å². The van der Waals surface area contributed by atoms with Crippen LogP contribution in [0.3, 0.4) is 0 Å². The first-order chi connectivity index (χ1) is 16.3. The lowest BCUT2D eigenvalue weighted by Crippen LogP contribution is -2.44. The Labute approximate surface area is 196 Å². The van der Waals surface area contributed by atoms with Gasteiger partial charge in [0.05, 0.1) is 11.6 Å². The lowest BCUT2D eigenvalue weighted by atomic mass is 9.84. The third-order valence-corrected chi connectivity index (χ3v) is 7.37. The molecule has 3 aromatic rings. The van der Waals surface area contributed by atoms with E-state index in [1.165, 1.54) is 31.2 Å². The Morgan fingerprint density at radius 3 is 2.45 bits per heavy atom. The number of benzene rings is 1. The first-order valence-corrected chi connectivity index (χ1v) is 12.2. The molecule has 1 saturated carbocycles. The normalized spacial score (nSPS) is 21.9. The minimum absolute atomic E-state index is 0.484. The number of nitrogens with zero attached hydrogens (tertiary/aromatic N) is 4. The van der Waals surface area contributed by atoms with Crippen LogP contribution in [0.2, 0.25) is 0 Å². The number of pyridine rings is 2. The molecule has 0 spiro atoms. The molecule has 2 aliphatic rings. The molecule has 168 valence electrons. The molecule has 3 heterocycles. The minimum atomic E-state index is 0.484. The zero-order valence-electron chi connectivity index (χ0n) is 19.0. The van der Waals surface area contributed by atoms with Gasteiger partial charge in [0, 0.05) is 36.2 Å². The third kappa shape index (κ3) is 5.07. The van der Waals surface area contributed by atoms with Crippen LogP contribution < -0.4 is 5.32 Å². The van der Waals surface area contributed by atoms with Crippen LogP contribution in [0.25, 0.3) is 11.1 Å². The molecule has 0 bridgehead atoms. The maximum Gasteiger partial charge on any atom is 0.126 e. The summed E-state index contributed by atoms with van der Waals surface area (Å²) in [7, 11) is 0. The Morgan fingerprint density at radius 1 is 0.879 bits per heavy atom. The molecule has 5 nitrogen and oxygen atoms in total. The highest BCUT2D eigenvalue weighted by Crippen LogP contribution is 2.34. The maximum absolute atomic E-state index is 9.44. The largest absolute Gasteiger partial charge is 0.367 e. The first-order valence-electron chi connectivity index (χ1n) is 12.2. The van der Waals surface area contributed by atoms with Crippen molar-refractivity contribution in [3.63, 3.8) is 0 Å². The molecular formula is C28H31N5. The molecule has 0 radical (unpaired) electrons. The standard InChI is InChI=1S/C28H31N5/c29-19-23-4-1-2-6-27(23)21-12-16-33(17-13-21)26-9-7-25(8-10-26)32-28-18-22(11-15-31-28)24-5-3-14-30-20-24/h1-6,11,14-15,18,20-21,25-26H,7-10,12-13,16-17H2,(H,31,32). The fourth-order valence-corrected chi connectivity index (χ4v) is 5.55. The number of likely N-dealkylation sites (tertiary alicyclic amines) is 1. The van der Waals surface area contributed by atoms with Gasteiger partial charge in [-0.3, -0.25) is 4.98 Å². The maximum atomic E-state index is 9.44. The topological polar surface area (TPSA) is 64.8 Å². The summed E-state index contributed by atoms with van der Waals surface area (Å²) >= 11 is 0. The van der Waals surface area contributed by atoms with Crippen molar-refractivity contribution < 1.29 is 0 Å². The van der Waals surface area contributed by atoms with E-state index in [0.29, 0.717) is 18.0 Å². The predicted molar refractivity (Wildman–Crippen MR) is 132 cm³/mol. The molecule has 1 saturated heterocycles. The summed E-state index contributed by atoms with van der Waals surface area (Å²) in [5, 5.41) is 13.1. The van der Waals surface area contributed by atoms with Crippen LogP contribution in [0.15, 0.2) is 67.1 Å². The lowest BCUT2D eigenvalue weighted by molar-refractivity contribution is 0.119. The number of aromatic nitrogens is 2.